The third kappa shape index (κ3) is 3.39. The van der Waals surface area contributed by atoms with Crippen LogP contribution in [0.2, 0.25) is 0 Å². The Bertz CT molecular complexity index is 430. The zero-order chi connectivity index (χ0) is 13.8. The molecule has 0 spiro atoms. The molecule has 2 aliphatic rings. The second kappa shape index (κ2) is 6.39. The van der Waals surface area contributed by atoms with E-state index in [0.29, 0.717) is 24.6 Å². The zero-order valence-corrected chi connectivity index (χ0v) is 12.2. The fourth-order valence-corrected chi connectivity index (χ4v) is 2.85. The molecule has 2 fully saturated rings. The van der Waals surface area contributed by atoms with E-state index < -0.39 is 0 Å². The lowest BCUT2D eigenvalue weighted by atomic mass is 10.0. The average molecular weight is 276 g/mol. The van der Waals surface area contributed by atoms with Crippen LogP contribution in [-0.2, 0) is 0 Å². The molecule has 1 N–H and O–H groups in total. The molecule has 1 aliphatic heterocycles. The minimum atomic E-state index is 0.592. The molecule has 0 amide bonds. The van der Waals surface area contributed by atoms with Crippen molar-refractivity contribution in [1.29, 1.82) is 0 Å². The Kier molecular flexibility index (Phi) is 4.35. The van der Waals surface area contributed by atoms with Gasteiger partial charge in [-0.1, -0.05) is 6.42 Å². The first kappa shape index (κ1) is 13.6. The van der Waals surface area contributed by atoms with Gasteiger partial charge < -0.3 is 15.0 Å². The molecular weight excluding hydrogens is 252 g/mol. The summed E-state index contributed by atoms with van der Waals surface area (Å²) in [6.07, 6.45) is 8.09. The van der Waals surface area contributed by atoms with E-state index >= 15 is 0 Å². The Hall–Kier alpha value is -1.36. The Balaban J connectivity index is 1.70. The quantitative estimate of drug-likeness (QED) is 0.861. The molecule has 2 heterocycles. The van der Waals surface area contributed by atoms with Gasteiger partial charge in [-0.2, -0.15) is 0 Å². The lowest BCUT2D eigenvalue weighted by Crippen LogP contribution is -2.44. The van der Waals surface area contributed by atoms with E-state index in [1.165, 1.54) is 32.1 Å². The van der Waals surface area contributed by atoms with Crippen LogP contribution >= 0.6 is 0 Å². The molecule has 1 saturated carbocycles. The van der Waals surface area contributed by atoms with Gasteiger partial charge in [0.15, 0.2) is 0 Å². The van der Waals surface area contributed by atoms with E-state index in [1.54, 1.807) is 6.33 Å². The molecule has 1 aromatic rings. The Labute approximate surface area is 120 Å². The van der Waals surface area contributed by atoms with Gasteiger partial charge in [0.1, 0.15) is 12.1 Å². The van der Waals surface area contributed by atoms with Crippen LogP contribution in [0.15, 0.2) is 12.4 Å². The Morgan fingerprint density at radius 2 is 2.20 bits per heavy atom. The van der Waals surface area contributed by atoms with Gasteiger partial charge >= 0.3 is 0 Å². The molecule has 5 heteroatoms. The fourth-order valence-electron chi connectivity index (χ4n) is 2.85. The molecule has 1 atom stereocenters. The first-order valence-electron chi connectivity index (χ1n) is 7.81. The van der Waals surface area contributed by atoms with Gasteiger partial charge in [-0.05, 0) is 39.2 Å². The largest absolute Gasteiger partial charge is 0.478 e. The van der Waals surface area contributed by atoms with E-state index in [2.05, 4.69) is 20.2 Å². The van der Waals surface area contributed by atoms with E-state index in [1.807, 2.05) is 13.0 Å². The summed E-state index contributed by atoms with van der Waals surface area (Å²) in [5, 5.41) is 3.63. The normalized spacial score (nSPS) is 22.6. The third-order valence-electron chi connectivity index (χ3n) is 4.03. The predicted molar refractivity (Wildman–Crippen MR) is 79.2 cm³/mol. The van der Waals surface area contributed by atoms with E-state index in [4.69, 9.17) is 4.74 Å². The van der Waals surface area contributed by atoms with Crippen LogP contribution in [0.1, 0.15) is 39.0 Å². The van der Waals surface area contributed by atoms with Crippen LogP contribution in [-0.4, -0.2) is 41.7 Å². The summed E-state index contributed by atoms with van der Waals surface area (Å²) in [6, 6.07) is 3.22. The van der Waals surface area contributed by atoms with Gasteiger partial charge in [-0.15, -0.1) is 0 Å². The van der Waals surface area contributed by atoms with Crippen molar-refractivity contribution in [2.24, 2.45) is 0 Å². The van der Waals surface area contributed by atoms with Crippen molar-refractivity contribution in [3.8, 4) is 5.88 Å². The highest BCUT2D eigenvalue weighted by atomic mass is 16.5. The number of piperidine rings is 1. The first-order chi connectivity index (χ1) is 9.86. The van der Waals surface area contributed by atoms with Gasteiger partial charge in [-0.25, -0.2) is 9.97 Å². The van der Waals surface area contributed by atoms with Gasteiger partial charge in [0.25, 0.3) is 0 Å². The van der Waals surface area contributed by atoms with Crippen molar-refractivity contribution in [2.75, 3.05) is 24.6 Å². The number of rotatable bonds is 6. The molecule has 0 aromatic carbocycles. The molecule has 1 saturated heterocycles. The number of ether oxygens (including phenoxy) is 1. The molecule has 0 radical (unpaired) electrons. The van der Waals surface area contributed by atoms with Crippen molar-refractivity contribution in [2.45, 2.75) is 51.1 Å². The summed E-state index contributed by atoms with van der Waals surface area (Å²) in [5.41, 5.74) is 0. The van der Waals surface area contributed by atoms with Crippen LogP contribution in [0, 0.1) is 0 Å². The van der Waals surface area contributed by atoms with E-state index in [9.17, 15) is 0 Å². The van der Waals surface area contributed by atoms with E-state index in [-0.39, 0.29) is 0 Å². The fraction of sp³-hybridized carbons (Fsp3) is 0.733. The molecule has 1 aliphatic carbocycles. The van der Waals surface area contributed by atoms with Crippen LogP contribution in [0.3, 0.4) is 0 Å². The SMILES string of the molecule is CCOc1cc(N(CC2CCCCN2)C2CC2)ncn1. The van der Waals surface area contributed by atoms with Gasteiger partial charge in [0.05, 0.1) is 6.61 Å². The summed E-state index contributed by atoms with van der Waals surface area (Å²) in [5.74, 6) is 1.69. The highest BCUT2D eigenvalue weighted by Crippen LogP contribution is 2.32. The topological polar surface area (TPSA) is 50.3 Å². The summed E-state index contributed by atoms with van der Waals surface area (Å²) in [7, 11) is 0. The second-order valence-electron chi connectivity index (χ2n) is 5.68. The van der Waals surface area contributed by atoms with Crippen LogP contribution in [0.25, 0.3) is 0 Å². The smallest absolute Gasteiger partial charge is 0.218 e. The number of anilines is 1. The maximum Gasteiger partial charge on any atom is 0.218 e. The lowest BCUT2D eigenvalue weighted by Gasteiger charge is -2.31. The second-order valence-corrected chi connectivity index (χ2v) is 5.68. The first-order valence-corrected chi connectivity index (χ1v) is 7.81. The minimum Gasteiger partial charge on any atom is -0.478 e. The van der Waals surface area contributed by atoms with E-state index in [0.717, 1.165) is 18.9 Å². The van der Waals surface area contributed by atoms with Crippen molar-refractivity contribution >= 4 is 5.82 Å². The summed E-state index contributed by atoms with van der Waals surface area (Å²) in [4.78, 5) is 11.1. The van der Waals surface area contributed by atoms with Crippen molar-refractivity contribution in [3.63, 3.8) is 0 Å². The molecule has 1 aromatic heterocycles. The molecule has 0 bridgehead atoms. The Morgan fingerprint density at radius 1 is 1.30 bits per heavy atom. The molecule has 5 nitrogen and oxygen atoms in total. The monoisotopic (exact) mass is 276 g/mol. The summed E-state index contributed by atoms with van der Waals surface area (Å²) < 4.78 is 5.49. The third-order valence-corrected chi connectivity index (χ3v) is 4.03. The molecule has 3 rings (SSSR count). The number of aromatic nitrogens is 2. The van der Waals surface area contributed by atoms with Crippen LogP contribution in [0.5, 0.6) is 5.88 Å². The Morgan fingerprint density at radius 3 is 2.90 bits per heavy atom. The number of nitrogens with one attached hydrogen (secondary N) is 1. The molecule has 1 unspecified atom stereocenters. The number of hydrogen-bond acceptors (Lipinski definition) is 5. The van der Waals surface area contributed by atoms with Crippen molar-refractivity contribution in [1.82, 2.24) is 15.3 Å². The maximum absolute atomic E-state index is 5.49. The maximum atomic E-state index is 5.49. The highest BCUT2D eigenvalue weighted by molar-refractivity contribution is 5.43. The molecule has 20 heavy (non-hydrogen) atoms. The molecular formula is C15H24N4O. The standard InChI is InChI=1S/C15H24N4O/c1-2-20-15-9-14(17-11-18-15)19(13-6-7-13)10-12-5-3-4-8-16-12/h9,11-13,16H,2-8,10H2,1H3. The van der Waals surface area contributed by atoms with Gasteiger partial charge in [0.2, 0.25) is 5.88 Å². The average Bonchev–Trinajstić information content (AvgIpc) is 3.31. The number of hydrogen-bond donors (Lipinski definition) is 1. The van der Waals surface area contributed by atoms with Gasteiger partial charge in [0, 0.05) is 24.7 Å². The van der Waals surface area contributed by atoms with Gasteiger partial charge in [-0.3, -0.25) is 0 Å². The lowest BCUT2D eigenvalue weighted by molar-refractivity contribution is 0.326. The number of nitrogens with zero attached hydrogens (tertiary/aromatic N) is 3. The van der Waals surface area contributed by atoms with Crippen molar-refractivity contribution in [3.05, 3.63) is 12.4 Å². The highest BCUT2D eigenvalue weighted by Gasteiger charge is 2.32. The molecule has 110 valence electrons. The van der Waals surface area contributed by atoms with Crippen LogP contribution in [0.4, 0.5) is 5.82 Å². The van der Waals surface area contributed by atoms with Crippen LogP contribution < -0.4 is 15.0 Å². The summed E-state index contributed by atoms with van der Waals surface area (Å²) >= 11 is 0. The summed E-state index contributed by atoms with van der Waals surface area (Å²) in [6.45, 7) is 4.82. The minimum absolute atomic E-state index is 0.592. The predicted octanol–water partition coefficient (Wildman–Crippen LogP) is 1.99. The zero-order valence-electron chi connectivity index (χ0n) is 12.2. The van der Waals surface area contributed by atoms with Crippen molar-refractivity contribution < 1.29 is 4.74 Å².